The highest BCUT2D eigenvalue weighted by Gasteiger charge is 2.08. The highest BCUT2D eigenvalue weighted by atomic mass is 32.1. The van der Waals surface area contributed by atoms with Crippen molar-refractivity contribution in [1.82, 2.24) is 10.3 Å². The molecule has 4 nitrogen and oxygen atoms in total. The number of nitrogens with zero attached hydrogens (tertiary/aromatic N) is 2. The summed E-state index contributed by atoms with van der Waals surface area (Å²) in [6, 6.07) is 6.65. The third-order valence-electron chi connectivity index (χ3n) is 2.96. The maximum absolute atomic E-state index is 13.2. The molecule has 0 unspecified atom stereocenters. The number of methoxy groups -OCH3 is 1. The minimum absolute atomic E-state index is 0.205. The summed E-state index contributed by atoms with van der Waals surface area (Å²) >= 11 is 1.64. The summed E-state index contributed by atoms with van der Waals surface area (Å²) in [5.74, 6) is -0.205. The first-order valence-electron chi connectivity index (χ1n) is 6.79. The first-order valence-corrected chi connectivity index (χ1v) is 7.60. The normalized spacial score (nSPS) is 10.8. The monoisotopic (exact) mass is 309 g/mol. The van der Waals surface area contributed by atoms with E-state index in [-0.39, 0.29) is 5.82 Å². The fourth-order valence-electron chi connectivity index (χ4n) is 1.92. The minimum atomic E-state index is -0.205. The highest BCUT2D eigenvalue weighted by molar-refractivity contribution is 7.15. The van der Waals surface area contributed by atoms with Gasteiger partial charge >= 0.3 is 0 Å². The molecule has 0 saturated carbocycles. The zero-order chi connectivity index (χ0) is 15.1. The number of anilines is 1. The van der Waals surface area contributed by atoms with E-state index >= 15 is 0 Å². The quantitative estimate of drug-likeness (QED) is 0.761. The Hall–Kier alpha value is -1.50. The van der Waals surface area contributed by atoms with E-state index in [9.17, 15) is 4.39 Å². The zero-order valence-corrected chi connectivity index (χ0v) is 13.1. The summed E-state index contributed by atoms with van der Waals surface area (Å²) in [6.45, 7) is 2.95. The highest BCUT2D eigenvalue weighted by Crippen LogP contribution is 2.22. The number of rotatable bonds is 8. The predicted octanol–water partition coefficient (Wildman–Crippen LogP) is 2.65. The number of nitrogens with one attached hydrogen (secondary N) is 1. The lowest BCUT2D eigenvalue weighted by molar-refractivity contribution is 0.199. The molecule has 114 valence electrons. The van der Waals surface area contributed by atoms with Crippen LogP contribution in [0.3, 0.4) is 0 Å². The minimum Gasteiger partial charge on any atom is -0.383 e. The Labute approximate surface area is 128 Å². The van der Waals surface area contributed by atoms with E-state index in [0.717, 1.165) is 23.8 Å². The molecule has 0 radical (unpaired) electrons. The summed E-state index contributed by atoms with van der Waals surface area (Å²) < 4.78 is 18.2. The van der Waals surface area contributed by atoms with Gasteiger partial charge in [-0.15, -0.1) is 11.3 Å². The van der Waals surface area contributed by atoms with Gasteiger partial charge in [0.05, 0.1) is 6.61 Å². The van der Waals surface area contributed by atoms with Crippen LogP contribution in [-0.2, 0) is 17.8 Å². The molecule has 0 saturated heterocycles. The van der Waals surface area contributed by atoms with Gasteiger partial charge in [-0.1, -0.05) is 12.1 Å². The molecule has 0 amide bonds. The van der Waals surface area contributed by atoms with Gasteiger partial charge in [-0.3, -0.25) is 0 Å². The molecule has 0 atom stereocenters. The second-order valence-electron chi connectivity index (χ2n) is 4.76. The van der Waals surface area contributed by atoms with Gasteiger partial charge in [-0.2, -0.15) is 0 Å². The van der Waals surface area contributed by atoms with Crippen LogP contribution in [0, 0.1) is 5.82 Å². The van der Waals surface area contributed by atoms with Crippen molar-refractivity contribution in [1.29, 1.82) is 0 Å². The molecule has 0 aliphatic carbocycles. The second-order valence-corrected chi connectivity index (χ2v) is 5.86. The van der Waals surface area contributed by atoms with Crippen LogP contribution in [0.5, 0.6) is 0 Å². The molecule has 0 fully saturated rings. The number of benzene rings is 1. The van der Waals surface area contributed by atoms with Crippen molar-refractivity contribution in [3.8, 4) is 0 Å². The van der Waals surface area contributed by atoms with Crippen LogP contribution >= 0.6 is 11.3 Å². The molecule has 0 spiro atoms. The summed E-state index contributed by atoms with van der Waals surface area (Å²) in [5.41, 5.74) is 0.937. The van der Waals surface area contributed by atoms with Crippen LogP contribution in [0.25, 0.3) is 0 Å². The van der Waals surface area contributed by atoms with Gasteiger partial charge in [0.1, 0.15) is 5.82 Å². The molecular weight excluding hydrogens is 289 g/mol. The van der Waals surface area contributed by atoms with Crippen LogP contribution in [0.15, 0.2) is 30.5 Å². The standard InChI is InChI=1S/C15H20FN3OS/c1-19(11-12-4-3-5-13(16)8-12)15-18-10-14(21-15)9-17-6-7-20-2/h3-5,8,10,17H,6-7,9,11H2,1-2H3. The predicted molar refractivity (Wildman–Crippen MR) is 84.2 cm³/mol. The van der Waals surface area contributed by atoms with Crippen molar-refractivity contribution < 1.29 is 9.13 Å². The third-order valence-corrected chi connectivity index (χ3v) is 4.07. The maximum atomic E-state index is 13.2. The number of hydrogen-bond acceptors (Lipinski definition) is 5. The van der Waals surface area contributed by atoms with Crippen molar-refractivity contribution in [2.24, 2.45) is 0 Å². The lowest BCUT2D eigenvalue weighted by atomic mass is 10.2. The molecule has 1 aromatic heterocycles. The number of aromatic nitrogens is 1. The summed E-state index contributed by atoms with van der Waals surface area (Å²) in [4.78, 5) is 7.61. The van der Waals surface area contributed by atoms with Gasteiger partial charge in [0.15, 0.2) is 5.13 Å². The molecule has 0 aliphatic heterocycles. The summed E-state index contributed by atoms with van der Waals surface area (Å²) in [7, 11) is 3.65. The average Bonchev–Trinajstić information content (AvgIpc) is 2.93. The zero-order valence-electron chi connectivity index (χ0n) is 12.3. The van der Waals surface area contributed by atoms with Crippen molar-refractivity contribution >= 4 is 16.5 Å². The Morgan fingerprint density at radius 1 is 1.43 bits per heavy atom. The molecular formula is C15H20FN3OS. The molecule has 1 heterocycles. The van der Waals surface area contributed by atoms with E-state index < -0.39 is 0 Å². The average molecular weight is 309 g/mol. The molecule has 2 rings (SSSR count). The van der Waals surface area contributed by atoms with E-state index in [0.29, 0.717) is 13.2 Å². The SMILES string of the molecule is COCCNCc1cnc(N(C)Cc2cccc(F)c2)s1. The topological polar surface area (TPSA) is 37.4 Å². The number of halogens is 1. The van der Waals surface area contributed by atoms with Crippen molar-refractivity contribution in [3.05, 3.63) is 46.7 Å². The van der Waals surface area contributed by atoms with Gasteiger partial charge in [0, 0.05) is 44.9 Å². The van der Waals surface area contributed by atoms with Crippen molar-refractivity contribution in [3.63, 3.8) is 0 Å². The third kappa shape index (κ3) is 5.08. The van der Waals surface area contributed by atoms with E-state index in [1.807, 2.05) is 24.2 Å². The fraction of sp³-hybridized carbons (Fsp3) is 0.400. The van der Waals surface area contributed by atoms with E-state index in [1.165, 1.54) is 10.9 Å². The molecule has 6 heteroatoms. The maximum Gasteiger partial charge on any atom is 0.185 e. The van der Waals surface area contributed by atoms with E-state index in [4.69, 9.17) is 4.74 Å². The van der Waals surface area contributed by atoms with Gasteiger partial charge in [-0.05, 0) is 17.7 Å². The lowest BCUT2D eigenvalue weighted by Crippen LogP contribution is -2.17. The fourth-order valence-corrected chi connectivity index (χ4v) is 2.76. The number of thiazole rings is 1. The molecule has 1 aromatic carbocycles. The first kappa shape index (κ1) is 15.9. The van der Waals surface area contributed by atoms with Crippen LogP contribution < -0.4 is 10.2 Å². The smallest absolute Gasteiger partial charge is 0.185 e. The van der Waals surface area contributed by atoms with Gasteiger partial charge < -0.3 is 15.0 Å². The van der Waals surface area contributed by atoms with Crippen LogP contribution in [0.1, 0.15) is 10.4 Å². The summed E-state index contributed by atoms with van der Waals surface area (Å²) in [6.07, 6.45) is 1.88. The number of ether oxygens (including phenoxy) is 1. The van der Waals surface area contributed by atoms with Crippen molar-refractivity contribution in [2.45, 2.75) is 13.1 Å². The van der Waals surface area contributed by atoms with Crippen LogP contribution in [-0.4, -0.2) is 32.3 Å². The Kier molecular flexibility index (Phi) is 6.10. The van der Waals surface area contributed by atoms with Gasteiger partial charge in [-0.25, -0.2) is 9.37 Å². The Balaban J connectivity index is 1.88. The Morgan fingerprint density at radius 3 is 3.05 bits per heavy atom. The Morgan fingerprint density at radius 2 is 2.29 bits per heavy atom. The molecule has 21 heavy (non-hydrogen) atoms. The van der Waals surface area contributed by atoms with E-state index in [1.54, 1.807) is 30.6 Å². The molecule has 1 N–H and O–H groups in total. The molecule has 2 aromatic rings. The first-order chi connectivity index (χ1) is 10.2. The van der Waals surface area contributed by atoms with Crippen LogP contribution in [0.2, 0.25) is 0 Å². The van der Waals surface area contributed by atoms with Crippen molar-refractivity contribution in [2.75, 3.05) is 32.2 Å². The summed E-state index contributed by atoms with van der Waals surface area (Å²) in [5, 5.41) is 4.22. The van der Waals surface area contributed by atoms with Gasteiger partial charge in [0.2, 0.25) is 0 Å². The lowest BCUT2D eigenvalue weighted by Gasteiger charge is -2.15. The second kappa shape index (κ2) is 8.07. The van der Waals surface area contributed by atoms with Gasteiger partial charge in [0.25, 0.3) is 0 Å². The Bertz CT molecular complexity index is 561. The number of hydrogen-bond donors (Lipinski definition) is 1. The largest absolute Gasteiger partial charge is 0.383 e. The van der Waals surface area contributed by atoms with Crippen LogP contribution in [0.4, 0.5) is 9.52 Å². The molecule has 0 bridgehead atoms. The molecule has 0 aliphatic rings. The van der Waals surface area contributed by atoms with E-state index in [2.05, 4.69) is 10.3 Å².